The van der Waals surface area contributed by atoms with Gasteiger partial charge in [0.15, 0.2) is 11.5 Å². The summed E-state index contributed by atoms with van der Waals surface area (Å²) in [4.78, 5) is 53.1. The fourth-order valence-electron chi connectivity index (χ4n) is 5.58. The number of hydrogen-bond donors (Lipinski definition) is 0. The van der Waals surface area contributed by atoms with Gasteiger partial charge in [0.2, 0.25) is 11.7 Å². The van der Waals surface area contributed by atoms with Crippen LogP contribution < -0.4 is 14.2 Å². The number of likely N-dealkylation sites (N-methyl/N-ethyl adjacent to an activating group) is 2. The summed E-state index contributed by atoms with van der Waals surface area (Å²) in [7, 11) is 7.61. The lowest BCUT2D eigenvalue weighted by Crippen LogP contribution is -2.53. The Balaban J connectivity index is 1.63. The number of ketones is 1. The molecule has 0 bridgehead atoms. The standard InChI is InChI=1S/C37H42N4O6/c1-40(30(13-11-26-15-19-38-20-16-26)14-12-27-17-21-39-22-18-27)36(43)31(23-28-9-7-6-8-10-28)41(2)37(44)34(42)29-24-32(45-3)35(47-5)33(25-29)46-4/h6-10,15-22,24-25,30-31H,11-14,23H2,1-5H3. The van der Waals surface area contributed by atoms with Crippen molar-refractivity contribution in [3.8, 4) is 17.2 Å². The van der Waals surface area contributed by atoms with Crippen LogP contribution in [0, 0.1) is 0 Å². The molecule has 4 rings (SSSR count). The number of nitrogens with zero attached hydrogens (tertiary/aromatic N) is 4. The fourth-order valence-corrected chi connectivity index (χ4v) is 5.58. The molecule has 0 saturated carbocycles. The topological polar surface area (TPSA) is 111 Å². The van der Waals surface area contributed by atoms with E-state index in [0.717, 1.165) is 29.5 Å². The summed E-state index contributed by atoms with van der Waals surface area (Å²) in [6.45, 7) is 0. The number of Topliss-reactive ketones (excluding diaryl/α,β-unsaturated/α-hetero) is 1. The van der Waals surface area contributed by atoms with Crippen LogP contribution in [-0.4, -0.2) is 84.9 Å². The Morgan fingerprint density at radius 1 is 0.681 bits per heavy atom. The van der Waals surface area contributed by atoms with Crippen molar-refractivity contribution in [2.75, 3.05) is 35.4 Å². The number of pyridine rings is 2. The molecule has 10 heteroatoms. The number of hydrogen-bond acceptors (Lipinski definition) is 8. The van der Waals surface area contributed by atoms with Gasteiger partial charge in [0.25, 0.3) is 11.7 Å². The second kappa shape index (κ2) is 16.9. The molecule has 0 radical (unpaired) electrons. The Hall–Kier alpha value is -5.25. The molecule has 2 amide bonds. The lowest BCUT2D eigenvalue weighted by molar-refractivity contribution is -0.143. The van der Waals surface area contributed by atoms with E-state index < -0.39 is 17.7 Å². The maximum atomic E-state index is 14.4. The molecule has 246 valence electrons. The number of methoxy groups -OCH3 is 3. The number of benzene rings is 2. The second-order valence-electron chi connectivity index (χ2n) is 11.3. The normalized spacial score (nSPS) is 11.4. The van der Waals surface area contributed by atoms with E-state index in [2.05, 4.69) is 9.97 Å². The third kappa shape index (κ3) is 8.94. The molecule has 0 N–H and O–H groups in total. The largest absolute Gasteiger partial charge is 0.493 e. The Labute approximate surface area is 276 Å². The lowest BCUT2D eigenvalue weighted by atomic mass is 9.96. The Bertz CT molecular complexity index is 1550. The number of rotatable bonds is 16. The minimum absolute atomic E-state index is 0.0585. The second-order valence-corrected chi connectivity index (χ2v) is 11.3. The van der Waals surface area contributed by atoms with E-state index in [9.17, 15) is 14.4 Å². The summed E-state index contributed by atoms with van der Waals surface area (Å²) in [5.41, 5.74) is 3.17. The lowest BCUT2D eigenvalue weighted by Gasteiger charge is -2.35. The molecular weight excluding hydrogens is 596 g/mol. The molecule has 2 heterocycles. The summed E-state index contributed by atoms with van der Waals surface area (Å²) in [5, 5.41) is 0. The smallest absolute Gasteiger partial charge is 0.295 e. The van der Waals surface area contributed by atoms with Gasteiger partial charge in [0.1, 0.15) is 6.04 Å². The van der Waals surface area contributed by atoms with E-state index in [1.54, 1.807) is 36.7 Å². The van der Waals surface area contributed by atoms with Crippen molar-refractivity contribution in [2.24, 2.45) is 0 Å². The third-order valence-corrected chi connectivity index (χ3v) is 8.39. The van der Waals surface area contributed by atoms with Crippen LogP contribution in [0.15, 0.2) is 91.5 Å². The first kappa shape index (κ1) is 34.6. The van der Waals surface area contributed by atoms with Crippen LogP contribution in [0.3, 0.4) is 0 Å². The van der Waals surface area contributed by atoms with Crippen LogP contribution in [-0.2, 0) is 28.9 Å². The zero-order chi connectivity index (χ0) is 33.8. The molecule has 2 aromatic carbocycles. The summed E-state index contributed by atoms with van der Waals surface area (Å²) in [5.74, 6) is -1.09. The van der Waals surface area contributed by atoms with Gasteiger partial charge in [-0.1, -0.05) is 30.3 Å². The monoisotopic (exact) mass is 638 g/mol. The summed E-state index contributed by atoms with van der Waals surface area (Å²) < 4.78 is 16.2. The minimum atomic E-state index is -0.940. The van der Waals surface area contributed by atoms with Crippen molar-refractivity contribution < 1.29 is 28.6 Å². The molecule has 0 fully saturated rings. The highest BCUT2D eigenvalue weighted by atomic mass is 16.5. The zero-order valence-corrected chi connectivity index (χ0v) is 27.6. The maximum Gasteiger partial charge on any atom is 0.295 e. The number of aromatic nitrogens is 2. The van der Waals surface area contributed by atoms with Crippen LogP contribution in [0.25, 0.3) is 0 Å². The first-order valence-corrected chi connectivity index (χ1v) is 15.5. The van der Waals surface area contributed by atoms with E-state index in [-0.39, 0.29) is 35.4 Å². The van der Waals surface area contributed by atoms with Gasteiger partial charge < -0.3 is 24.0 Å². The molecule has 0 saturated heterocycles. The maximum absolute atomic E-state index is 14.4. The SMILES string of the molecule is COc1cc(C(=O)C(=O)N(C)C(Cc2ccccc2)C(=O)N(C)C(CCc2ccncc2)CCc2ccncc2)cc(OC)c1OC. The minimum Gasteiger partial charge on any atom is -0.493 e. The van der Waals surface area contributed by atoms with Crippen LogP contribution in [0.1, 0.15) is 39.9 Å². The van der Waals surface area contributed by atoms with E-state index >= 15 is 0 Å². The molecule has 1 atom stereocenters. The highest BCUT2D eigenvalue weighted by molar-refractivity contribution is 6.43. The van der Waals surface area contributed by atoms with Crippen LogP contribution in [0.4, 0.5) is 0 Å². The van der Waals surface area contributed by atoms with Crippen molar-refractivity contribution in [1.29, 1.82) is 0 Å². The van der Waals surface area contributed by atoms with Gasteiger partial charge in [-0.25, -0.2) is 0 Å². The molecule has 0 aliphatic rings. The third-order valence-electron chi connectivity index (χ3n) is 8.39. The number of aryl methyl sites for hydroxylation is 2. The van der Waals surface area contributed by atoms with Crippen molar-refractivity contribution >= 4 is 17.6 Å². The predicted molar refractivity (Wildman–Crippen MR) is 179 cm³/mol. The van der Waals surface area contributed by atoms with Gasteiger partial charge in [-0.2, -0.15) is 0 Å². The summed E-state index contributed by atoms with van der Waals surface area (Å²) >= 11 is 0. The van der Waals surface area contributed by atoms with Crippen LogP contribution in [0.5, 0.6) is 17.2 Å². The molecular formula is C37H42N4O6. The van der Waals surface area contributed by atoms with Crippen molar-refractivity contribution in [3.05, 3.63) is 114 Å². The Kier molecular flexibility index (Phi) is 12.4. The van der Waals surface area contributed by atoms with Crippen LogP contribution >= 0.6 is 0 Å². The van der Waals surface area contributed by atoms with Crippen molar-refractivity contribution in [1.82, 2.24) is 19.8 Å². The fraction of sp³-hybridized carbons (Fsp3) is 0.324. The molecule has 0 spiro atoms. The highest BCUT2D eigenvalue weighted by Gasteiger charge is 2.35. The zero-order valence-electron chi connectivity index (χ0n) is 27.6. The van der Waals surface area contributed by atoms with Crippen LogP contribution in [0.2, 0.25) is 0 Å². The van der Waals surface area contributed by atoms with Crippen molar-refractivity contribution in [3.63, 3.8) is 0 Å². The number of carbonyl (C=O) groups is 3. The molecule has 0 aliphatic carbocycles. The number of carbonyl (C=O) groups excluding carboxylic acids is 3. The van der Waals surface area contributed by atoms with E-state index in [0.29, 0.717) is 18.6 Å². The van der Waals surface area contributed by atoms with Gasteiger partial charge >= 0.3 is 0 Å². The van der Waals surface area contributed by atoms with E-state index in [4.69, 9.17) is 14.2 Å². The average Bonchev–Trinajstić information content (AvgIpc) is 3.13. The quantitative estimate of drug-likeness (QED) is 0.127. The van der Waals surface area contributed by atoms with Gasteiger partial charge in [-0.3, -0.25) is 24.4 Å². The highest BCUT2D eigenvalue weighted by Crippen LogP contribution is 2.38. The molecule has 10 nitrogen and oxygen atoms in total. The van der Waals surface area contributed by atoms with E-state index in [1.807, 2.05) is 54.6 Å². The molecule has 0 aliphatic heterocycles. The Morgan fingerprint density at radius 3 is 1.66 bits per heavy atom. The molecule has 1 unspecified atom stereocenters. The number of amides is 2. The molecule has 47 heavy (non-hydrogen) atoms. The first-order valence-electron chi connectivity index (χ1n) is 15.5. The van der Waals surface area contributed by atoms with Gasteiger partial charge in [-0.05, 0) is 78.8 Å². The molecule has 4 aromatic rings. The van der Waals surface area contributed by atoms with Gasteiger partial charge in [0, 0.05) is 56.9 Å². The van der Waals surface area contributed by atoms with Gasteiger partial charge in [0.05, 0.1) is 21.3 Å². The summed E-state index contributed by atoms with van der Waals surface area (Å²) in [6.07, 6.45) is 10.2. The first-order chi connectivity index (χ1) is 22.8. The molecule has 2 aromatic heterocycles. The predicted octanol–water partition coefficient (Wildman–Crippen LogP) is 4.85. The van der Waals surface area contributed by atoms with Gasteiger partial charge in [-0.15, -0.1) is 0 Å². The number of ether oxygens (including phenoxy) is 3. The Morgan fingerprint density at radius 2 is 1.19 bits per heavy atom. The average molecular weight is 639 g/mol. The van der Waals surface area contributed by atoms with E-state index in [1.165, 1.54) is 45.4 Å². The summed E-state index contributed by atoms with van der Waals surface area (Å²) in [6, 6.07) is 19.2. The van der Waals surface area contributed by atoms with Crippen molar-refractivity contribution in [2.45, 2.75) is 44.2 Å².